The summed E-state index contributed by atoms with van der Waals surface area (Å²) in [6.07, 6.45) is -3.57. The van der Waals surface area contributed by atoms with Gasteiger partial charge in [-0.25, -0.2) is 8.78 Å². The zero-order valence-electron chi connectivity index (χ0n) is 20.7. The van der Waals surface area contributed by atoms with E-state index in [1.165, 1.54) is 4.90 Å². The SMILES string of the molecule is COc1c(F)cc(OCCNCCCF)c(F)c1[C@@H]1C2=C(C[C@@H](C)N1CC(F)(F)F)c1ccccc1C2. The second kappa shape index (κ2) is 11.3. The number of ether oxygens (including phenoxy) is 2. The van der Waals surface area contributed by atoms with Gasteiger partial charge in [-0.2, -0.15) is 13.2 Å². The Morgan fingerprint density at radius 2 is 1.89 bits per heavy atom. The molecule has 2 aromatic carbocycles. The van der Waals surface area contributed by atoms with Gasteiger partial charge in [0.1, 0.15) is 6.61 Å². The van der Waals surface area contributed by atoms with Crippen LogP contribution in [0, 0.1) is 11.6 Å². The summed E-state index contributed by atoms with van der Waals surface area (Å²) < 4.78 is 95.4. The normalized spacial score (nSPS) is 19.7. The Morgan fingerprint density at radius 3 is 2.59 bits per heavy atom. The van der Waals surface area contributed by atoms with Gasteiger partial charge in [0.25, 0.3) is 0 Å². The second-order valence-electron chi connectivity index (χ2n) is 9.34. The van der Waals surface area contributed by atoms with E-state index in [2.05, 4.69) is 5.32 Å². The minimum atomic E-state index is -4.56. The van der Waals surface area contributed by atoms with Crippen molar-refractivity contribution in [3.63, 3.8) is 0 Å². The molecule has 2 atom stereocenters. The average molecular weight is 529 g/mol. The van der Waals surface area contributed by atoms with Gasteiger partial charge < -0.3 is 14.8 Å². The molecule has 4 rings (SSSR count). The average Bonchev–Trinajstić information content (AvgIpc) is 3.21. The molecular formula is C27H30F6N2O2. The van der Waals surface area contributed by atoms with Crippen LogP contribution in [-0.2, 0) is 6.42 Å². The first-order chi connectivity index (χ1) is 17.7. The maximum absolute atomic E-state index is 16.1. The molecule has 0 unspecified atom stereocenters. The molecular weight excluding hydrogens is 498 g/mol. The molecule has 37 heavy (non-hydrogen) atoms. The first-order valence-electron chi connectivity index (χ1n) is 12.2. The van der Waals surface area contributed by atoms with Gasteiger partial charge in [-0.05, 0) is 55.0 Å². The molecule has 1 N–H and O–H groups in total. The minimum Gasteiger partial charge on any atom is -0.493 e. The lowest BCUT2D eigenvalue weighted by atomic mass is 9.84. The number of hydrogen-bond acceptors (Lipinski definition) is 4. The summed E-state index contributed by atoms with van der Waals surface area (Å²) in [5.74, 6) is -2.75. The fourth-order valence-electron chi connectivity index (χ4n) is 5.33. The number of benzene rings is 2. The van der Waals surface area contributed by atoms with E-state index in [9.17, 15) is 17.6 Å². The molecule has 10 heteroatoms. The Balaban J connectivity index is 1.79. The van der Waals surface area contributed by atoms with Gasteiger partial charge in [0, 0.05) is 18.7 Å². The third kappa shape index (κ3) is 5.75. The monoisotopic (exact) mass is 528 g/mol. The molecule has 0 radical (unpaired) electrons. The largest absolute Gasteiger partial charge is 0.493 e. The van der Waals surface area contributed by atoms with Gasteiger partial charge in [0.05, 0.1) is 31.9 Å². The van der Waals surface area contributed by atoms with Crippen LogP contribution in [0.25, 0.3) is 5.57 Å². The Bertz CT molecular complexity index is 1150. The highest BCUT2D eigenvalue weighted by Crippen LogP contribution is 2.52. The predicted octanol–water partition coefficient (Wildman–Crippen LogP) is 6.01. The van der Waals surface area contributed by atoms with Crippen LogP contribution in [0.5, 0.6) is 11.5 Å². The molecule has 0 fully saturated rings. The van der Waals surface area contributed by atoms with E-state index >= 15 is 8.78 Å². The van der Waals surface area contributed by atoms with Crippen LogP contribution in [0.1, 0.15) is 42.5 Å². The van der Waals surface area contributed by atoms with E-state index in [1.54, 1.807) is 6.92 Å². The van der Waals surface area contributed by atoms with Crippen molar-refractivity contribution in [2.24, 2.45) is 0 Å². The van der Waals surface area contributed by atoms with E-state index in [1.807, 2.05) is 24.3 Å². The molecule has 0 saturated carbocycles. The molecule has 1 heterocycles. The topological polar surface area (TPSA) is 33.7 Å². The molecule has 0 spiro atoms. The molecule has 0 amide bonds. The molecule has 202 valence electrons. The fourth-order valence-corrected chi connectivity index (χ4v) is 5.33. The first kappa shape index (κ1) is 27.3. The van der Waals surface area contributed by atoms with Crippen LogP contribution in [0.2, 0.25) is 0 Å². The summed E-state index contributed by atoms with van der Waals surface area (Å²) in [5.41, 5.74) is 3.01. The summed E-state index contributed by atoms with van der Waals surface area (Å²) in [5, 5.41) is 2.92. The van der Waals surface area contributed by atoms with Gasteiger partial charge in [0.15, 0.2) is 23.1 Å². The van der Waals surface area contributed by atoms with Crippen molar-refractivity contribution in [1.82, 2.24) is 10.2 Å². The highest BCUT2D eigenvalue weighted by molar-refractivity contribution is 5.79. The minimum absolute atomic E-state index is 0.0405. The number of nitrogens with one attached hydrogen (secondary N) is 1. The number of fused-ring (bicyclic) bond motifs is 2. The van der Waals surface area contributed by atoms with Crippen molar-refractivity contribution >= 4 is 5.57 Å². The van der Waals surface area contributed by atoms with Crippen molar-refractivity contribution in [3.05, 3.63) is 64.2 Å². The van der Waals surface area contributed by atoms with E-state index in [-0.39, 0.29) is 18.7 Å². The Labute approximate surface area is 212 Å². The highest BCUT2D eigenvalue weighted by Gasteiger charge is 2.46. The third-order valence-corrected chi connectivity index (χ3v) is 6.87. The van der Waals surface area contributed by atoms with E-state index < -0.39 is 54.6 Å². The summed E-state index contributed by atoms with van der Waals surface area (Å²) in [4.78, 5) is 1.17. The van der Waals surface area contributed by atoms with Crippen molar-refractivity contribution in [1.29, 1.82) is 0 Å². The third-order valence-electron chi connectivity index (χ3n) is 6.87. The Morgan fingerprint density at radius 1 is 1.14 bits per heavy atom. The summed E-state index contributed by atoms with van der Waals surface area (Å²) in [6, 6.07) is 6.54. The lowest BCUT2D eigenvalue weighted by molar-refractivity contribution is -0.155. The molecule has 4 nitrogen and oxygen atoms in total. The molecule has 0 saturated heterocycles. The lowest BCUT2D eigenvalue weighted by Gasteiger charge is -2.43. The summed E-state index contributed by atoms with van der Waals surface area (Å²) >= 11 is 0. The molecule has 2 aliphatic rings. The van der Waals surface area contributed by atoms with E-state index in [0.717, 1.165) is 29.9 Å². The van der Waals surface area contributed by atoms with Gasteiger partial charge in [0.2, 0.25) is 0 Å². The van der Waals surface area contributed by atoms with Gasteiger partial charge in [-0.1, -0.05) is 24.3 Å². The second-order valence-corrected chi connectivity index (χ2v) is 9.34. The number of hydrogen-bond donors (Lipinski definition) is 1. The zero-order valence-corrected chi connectivity index (χ0v) is 20.7. The van der Waals surface area contributed by atoms with Crippen LogP contribution >= 0.6 is 0 Å². The quantitative estimate of drug-likeness (QED) is 0.303. The molecule has 1 aliphatic heterocycles. The fraction of sp³-hybridized carbons (Fsp3) is 0.481. The van der Waals surface area contributed by atoms with E-state index in [4.69, 9.17) is 9.47 Å². The van der Waals surface area contributed by atoms with Crippen LogP contribution in [0.4, 0.5) is 26.3 Å². The van der Waals surface area contributed by atoms with Gasteiger partial charge >= 0.3 is 6.18 Å². The molecule has 2 aromatic rings. The molecule has 1 aliphatic carbocycles. The van der Waals surface area contributed by atoms with Gasteiger partial charge in [-0.3, -0.25) is 9.29 Å². The molecule has 0 aromatic heterocycles. The van der Waals surface area contributed by atoms with Crippen LogP contribution in [0.3, 0.4) is 0 Å². The van der Waals surface area contributed by atoms with Gasteiger partial charge in [-0.15, -0.1) is 0 Å². The first-order valence-corrected chi connectivity index (χ1v) is 12.2. The lowest BCUT2D eigenvalue weighted by Crippen LogP contribution is -2.46. The number of alkyl halides is 4. The number of methoxy groups -OCH3 is 1. The van der Waals surface area contributed by atoms with Crippen LogP contribution in [0.15, 0.2) is 35.9 Å². The number of nitrogens with zero attached hydrogens (tertiary/aromatic N) is 1. The number of rotatable bonds is 10. The van der Waals surface area contributed by atoms with Crippen molar-refractivity contribution < 1.29 is 35.8 Å². The standard InChI is InChI=1S/C27H30F6N2O2/c1-16-12-19-18-7-4-3-6-17(18)13-20(19)25(35(16)15-27(31,32)33)23-24(30)22(14-21(29)26(23)36-2)37-11-10-34-9-5-8-28/h3-4,6-7,14,16,25,34H,5,8-13,15H2,1-2H3/t16-,25+/m1/s1. The maximum atomic E-state index is 16.1. The Hall–Kier alpha value is -2.72. The van der Waals surface area contributed by atoms with Crippen LogP contribution in [-0.4, -0.2) is 57.1 Å². The zero-order chi connectivity index (χ0) is 26.7. The summed E-state index contributed by atoms with van der Waals surface area (Å²) in [6.45, 7) is 0.502. The Kier molecular flexibility index (Phi) is 8.38. The van der Waals surface area contributed by atoms with Crippen molar-refractivity contribution in [2.45, 2.75) is 44.4 Å². The number of halogens is 6. The predicted molar refractivity (Wildman–Crippen MR) is 129 cm³/mol. The molecule has 0 bridgehead atoms. The van der Waals surface area contributed by atoms with Crippen molar-refractivity contribution in [3.8, 4) is 11.5 Å². The maximum Gasteiger partial charge on any atom is 0.401 e. The van der Waals surface area contributed by atoms with Crippen LogP contribution < -0.4 is 14.8 Å². The summed E-state index contributed by atoms with van der Waals surface area (Å²) in [7, 11) is 1.16. The van der Waals surface area contributed by atoms with E-state index in [0.29, 0.717) is 31.4 Å². The smallest absolute Gasteiger partial charge is 0.401 e. The highest BCUT2D eigenvalue weighted by atomic mass is 19.4. The van der Waals surface area contributed by atoms with Crippen molar-refractivity contribution in [2.75, 3.05) is 40.0 Å².